The molecule has 168 valence electrons. The molecule has 8 heteroatoms. The van der Waals surface area contributed by atoms with E-state index in [1.807, 2.05) is 36.4 Å². The molecular weight excluding hydrogens is 440 g/mol. The maximum Gasteiger partial charge on any atom is 0.275 e. The normalized spacial score (nSPS) is 16.3. The molecule has 7 nitrogen and oxygen atoms in total. The van der Waals surface area contributed by atoms with Crippen LogP contribution in [0.1, 0.15) is 42.5 Å². The van der Waals surface area contributed by atoms with E-state index in [1.54, 1.807) is 29.4 Å². The Labute approximate surface area is 195 Å². The van der Waals surface area contributed by atoms with Gasteiger partial charge in [0.25, 0.3) is 5.56 Å². The lowest BCUT2D eigenvalue weighted by atomic mass is 10.0. The molecule has 2 aromatic carbocycles. The van der Waals surface area contributed by atoms with Crippen LogP contribution in [0.2, 0.25) is 5.02 Å². The van der Waals surface area contributed by atoms with E-state index in [-0.39, 0.29) is 24.1 Å². The minimum Gasteiger partial charge on any atom is -0.443 e. The first-order valence-electron chi connectivity index (χ1n) is 11.0. The molecule has 1 saturated heterocycles. The monoisotopic (exact) mass is 462 g/mol. The summed E-state index contributed by atoms with van der Waals surface area (Å²) in [6, 6.07) is 14.6. The zero-order valence-corrected chi connectivity index (χ0v) is 18.7. The minimum atomic E-state index is -0.267. The van der Waals surface area contributed by atoms with Crippen molar-refractivity contribution >= 4 is 28.3 Å². The number of hydrogen-bond acceptors (Lipinski definition) is 5. The summed E-state index contributed by atoms with van der Waals surface area (Å²) >= 11 is 5.96. The van der Waals surface area contributed by atoms with Crippen LogP contribution < -0.4 is 5.56 Å². The fourth-order valence-electron chi connectivity index (χ4n) is 4.31. The second kappa shape index (κ2) is 9.19. The number of piperidine rings is 1. The Morgan fingerprint density at radius 2 is 1.91 bits per heavy atom. The lowest BCUT2D eigenvalue weighted by Crippen LogP contribution is -2.42. The van der Waals surface area contributed by atoms with Gasteiger partial charge in [0.15, 0.2) is 0 Å². The van der Waals surface area contributed by atoms with E-state index in [4.69, 9.17) is 16.0 Å². The van der Waals surface area contributed by atoms with Gasteiger partial charge >= 0.3 is 0 Å². The average molecular weight is 463 g/mol. The number of carbonyl (C=O) groups is 1. The molecule has 33 heavy (non-hydrogen) atoms. The number of carbonyl (C=O) groups excluding carboxylic acids is 1. The molecule has 0 aliphatic carbocycles. The first-order chi connectivity index (χ1) is 16.1. The van der Waals surface area contributed by atoms with Crippen LogP contribution in [0.3, 0.4) is 0 Å². The summed E-state index contributed by atoms with van der Waals surface area (Å²) < 4.78 is 7.28. The van der Waals surface area contributed by atoms with Crippen LogP contribution in [0.5, 0.6) is 0 Å². The van der Waals surface area contributed by atoms with Crippen molar-refractivity contribution in [2.24, 2.45) is 0 Å². The summed E-state index contributed by atoms with van der Waals surface area (Å²) in [7, 11) is 0. The van der Waals surface area contributed by atoms with Crippen molar-refractivity contribution in [3.8, 4) is 0 Å². The Kier molecular flexibility index (Phi) is 5.96. The molecule has 3 heterocycles. The van der Waals surface area contributed by atoms with Gasteiger partial charge in [-0.3, -0.25) is 9.59 Å². The van der Waals surface area contributed by atoms with Crippen molar-refractivity contribution in [2.45, 2.75) is 38.3 Å². The van der Waals surface area contributed by atoms with Crippen molar-refractivity contribution in [3.05, 3.63) is 93.5 Å². The SMILES string of the molecule is O=C(Cn1ncc2ccccc2c1=O)N1CCCC[C@H]1c1ncc(Cc2ccc(Cl)cc2)o1. The number of nitrogens with zero attached hydrogens (tertiary/aromatic N) is 4. The van der Waals surface area contributed by atoms with Crippen LogP contribution in [0.25, 0.3) is 10.8 Å². The van der Waals surface area contributed by atoms with E-state index in [0.29, 0.717) is 29.3 Å². The minimum absolute atomic E-state index is 0.113. The Balaban J connectivity index is 1.34. The van der Waals surface area contributed by atoms with E-state index in [2.05, 4.69) is 10.1 Å². The number of amides is 1. The molecule has 5 rings (SSSR count). The third-order valence-electron chi connectivity index (χ3n) is 6.02. The maximum absolute atomic E-state index is 13.2. The zero-order valence-electron chi connectivity index (χ0n) is 18.0. The lowest BCUT2D eigenvalue weighted by Gasteiger charge is -2.33. The van der Waals surface area contributed by atoms with Crippen molar-refractivity contribution in [1.82, 2.24) is 19.7 Å². The highest BCUT2D eigenvalue weighted by molar-refractivity contribution is 6.30. The van der Waals surface area contributed by atoms with Crippen molar-refractivity contribution in [1.29, 1.82) is 0 Å². The molecule has 0 saturated carbocycles. The van der Waals surface area contributed by atoms with Crippen LogP contribution in [0, 0.1) is 0 Å². The Morgan fingerprint density at radius 3 is 2.76 bits per heavy atom. The fraction of sp³-hybridized carbons (Fsp3) is 0.280. The van der Waals surface area contributed by atoms with E-state index in [9.17, 15) is 9.59 Å². The van der Waals surface area contributed by atoms with E-state index in [0.717, 1.165) is 36.0 Å². The Hall–Kier alpha value is -3.45. The van der Waals surface area contributed by atoms with Crippen LogP contribution >= 0.6 is 11.6 Å². The van der Waals surface area contributed by atoms with Gasteiger partial charge in [-0.25, -0.2) is 9.67 Å². The molecule has 0 N–H and O–H groups in total. The summed E-state index contributed by atoms with van der Waals surface area (Å²) in [4.78, 5) is 32.2. The second-order valence-electron chi connectivity index (χ2n) is 8.26. The van der Waals surface area contributed by atoms with Gasteiger partial charge in [-0.05, 0) is 43.0 Å². The number of benzene rings is 2. The van der Waals surface area contributed by atoms with Crippen LogP contribution in [-0.2, 0) is 17.8 Å². The Bertz CT molecular complexity index is 1350. The number of rotatable bonds is 5. The summed E-state index contributed by atoms with van der Waals surface area (Å²) in [5, 5.41) is 6.20. The van der Waals surface area contributed by atoms with Gasteiger partial charge in [-0.15, -0.1) is 0 Å². The molecule has 1 aliphatic heterocycles. The quantitative estimate of drug-likeness (QED) is 0.439. The summed E-state index contributed by atoms with van der Waals surface area (Å²) in [5.74, 6) is 1.10. The molecule has 1 atom stereocenters. The lowest BCUT2D eigenvalue weighted by molar-refractivity contribution is -0.136. The van der Waals surface area contributed by atoms with Gasteiger partial charge in [0.05, 0.1) is 17.8 Å². The zero-order chi connectivity index (χ0) is 22.8. The topological polar surface area (TPSA) is 81.2 Å². The highest BCUT2D eigenvalue weighted by Gasteiger charge is 2.31. The van der Waals surface area contributed by atoms with Gasteiger partial charge in [0.1, 0.15) is 18.3 Å². The third kappa shape index (κ3) is 4.54. The van der Waals surface area contributed by atoms with E-state index < -0.39 is 0 Å². The fourth-order valence-corrected chi connectivity index (χ4v) is 4.43. The number of oxazole rings is 1. The molecule has 2 aromatic heterocycles. The smallest absolute Gasteiger partial charge is 0.275 e. The van der Waals surface area contributed by atoms with Crippen LogP contribution in [0.15, 0.2) is 70.1 Å². The predicted molar refractivity (Wildman–Crippen MR) is 125 cm³/mol. The predicted octanol–water partition coefficient (Wildman–Crippen LogP) is 4.38. The number of aromatic nitrogens is 3. The number of likely N-dealkylation sites (tertiary alicyclic amines) is 1. The third-order valence-corrected chi connectivity index (χ3v) is 6.27. The summed E-state index contributed by atoms with van der Waals surface area (Å²) in [5.41, 5.74) is 0.803. The molecule has 0 spiro atoms. The summed E-state index contributed by atoms with van der Waals surface area (Å²) in [6.07, 6.45) is 6.59. The first-order valence-corrected chi connectivity index (χ1v) is 11.4. The van der Waals surface area contributed by atoms with Crippen molar-refractivity contribution in [2.75, 3.05) is 6.54 Å². The largest absolute Gasteiger partial charge is 0.443 e. The van der Waals surface area contributed by atoms with E-state index in [1.165, 1.54) is 4.68 Å². The molecule has 1 fully saturated rings. The van der Waals surface area contributed by atoms with E-state index >= 15 is 0 Å². The molecule has 0 bridgehead atoms. The molecule has 4 aromatic rings. The number of hydrogen-bond donors (Lipinski definition) is 0. The molecule has 1 amide bonds. The maximum atomic E-state index is 13.2. The Morgan fingerprint density at radius 1 is 1.09 bits per heavy atom. The molecular formula is C25H23ClN4O3. The van der Waals surface area contributed by atoms with Gasteiger partial charge in [0, 0.05) is 23.4 Å². The van der Waals surface area contributed by atoms with Crippen LogP contribution in [0.4, 0.5) is 0 Å². The number of fused-ring (bicyclic) bond motifs is 1. The number of halogens is 1. The van der Waals surface area contributed by atoms with Gasteiger partial charge in [-0.1, -0.05) is 41.9 Å². The van der Waals surface area contributed by atoms with Crippen LogP contribution in [-0.4, -0.2) is 32.1 Å². The highest BCUT2D eigenvalue weighted by Crippen LogP contribution is 2.31. The molecule has 1 aliphatic rings. The van der Waals surface area contributed by atoms with Crippen molar-refractivity contribution < 1.29 is 9.21 Å². The van der Waals surface area contributed by atoms with Gasteiger partial charge < -0.3 is 9.32 Å². The standard InChI is InChI=1S/C25H23ClN4O3/c26-19-10-8-17(9-11-19)13-20-15-27-24(33-20)22-7-3-4-12-29(22)23(31)16-30-25(32)21-6-2-1-5-18(21)14-28-30/h1-2,5-6,8-11,14-15,22H,3-4,7,12-13,16H2/t22-/m0/s1. The van der Waals surface area contributed by atoms with Crippen molar-refractivity contribution in [3.63, 3.8) is 0 Å². The molecule has 0 radical (unpaired) electrons. The van der Waals surface area contributed by atoms with Gasteiger partial charge in [-0.2, -0.15) is 5.10 Å². The second-order valence-corrected chi connectivity index (χ2v) is 8.70. The summed E-state index contributed by atoms with van der Waals surface area (Å²) in [6.45, 7) is 0.485. The first kappa shape index (κ1) is 21.4. The highest BCUT2D eigenvalue weighted by atomic mass is 35.5. The average Bonchev–Trinajstić information content (AvgIpc) is 3.31. The van der Waals surface area contributed by atoms with Gasteiger partial charge in [0.2, 0.25) is 11.8 Å². The molecule has 0 unspecified atom stereocenters.